The van der Waals surface area contributed by atoms with E-state index in [0.717, 1.165) is 45.6 Å². The van der Waals surface area contributed by atoms with E-state index in [1.54, 1.807) is 7.11 Å². The predicted octanol–water partition coefficient (Wildman–Crippen LogP) is 1.59. The Labute approximate surface area is 171 Å². The Balaban J connectivity index is 1.71. The van der Waals surface area contributed by atoms with Gasteiger partial charge in [0.05, 0.1) is 25.3 Å². The normalized spacial score (nSPS) is 23.4. The molecule has 1 atom stereocenters. The monoisotopic (exact) mass is 399 g/mol. The number of nitrogens with zero attached hydrogens (tertiary/aromatic N) is 3. The summed E-state index contributed by atoms with van der Waals surface area (Å²) < 4.78 is 11.2. The first-order valence-electron chi connectivity index (χ1n) is 10.5. The molecule has 7 heteroatoms. The Bertz CT molecular complexity index is 808. The summed E-state index contributed by atoms with van der Waals surface area (Å²) in [5.74, 6) is 0.145. The van der Waals surface area contributed by atoms with Crippen LogP contribution in [0, 0.1) is 0 Å². The van der Waals surface area contributed by atoms with E-state index in [1.807, 2.05) is 24.3 Å². The third-order valence-corrected chi connectivity index (χ3v) is 6.07. The molecule has 1 aromatic rings. The molecule has 0 N–H and O–H groups in total. The van der Waals surface area contributed by atoms with Crippen molar-refractivity contribution in [1.29, 1.82) is 0 Å². The second kappa shape index (κ2) is 8.55. The number of hydrogen-bond acceptors (Lipinski definition) is 6. The fourth-order valence-corrected chi connectivity index (χ4v) is 4.40. The van der Waals surface area contributed by atoms with Crippen molar-refractivity contribution >= 4 is 17.4 Å². The zero-order chi connectivity index (χ0) is 20.4. The molecule has 156 valence electrons. The van der Waals surface area contributed by atoms with E-state index in [4.69, 9.17) is 9.47 Å². The van der Waals surface area contributed by atoms with E-state index in [1.165, 1.54) is 4.90 Å². The molecular weight excluding hydrogens is 370 g/mol. The number of para-hydroxylation sites is 1. The van der Waals surface area contributed by atoms with Crippen molar-refractivity contribution in [2.45, 2.75) is 25.9 Å². The first-order valence-corrected chi connectivity index (χ1v) is 10.5. The second-order valence-corrected chi connectivity index (χ2v) is 7.70. The third kappa shape index (κ3) is 3.76. The number of rotatable bonds is 6. The van der Waals surface area contributed by atoms with E-state index in [9.17, 15) is 9.59 Å². The summed E-state index contributed by atoms with van der Waals surface area (Å²) in [4.78, 5) is 32.7. The molecule has 3 heterocycles. The molecule has 0 spiro atoms. The summed E-state index contributed by atoms with van der Waals surface area (Å²) in [7, 11) is 1.59. The molecule has 1 aromatic carbocycles. The van der Waals surface area contributed by atoms with E-state index in [-0.39, 0.29) is 17.9 Å². The fourth-order valence-electron chi connectivity index (χ4n) is 4.40. The highest BCUT2D eigenvalue weighted by Gasteiger charge is 2.44. The maximum absolute atomic E-state index is 13.4. The summed E-state index contributed by atoms with van der Waals surface area (Å²) >= 11 is 0. The summed E-state index contributed by atoms with van der Waals surface area (Å²) in [6.07, 6.45) is 1.78. The van der Waals surface area contributed by atoms with E-state index in [0.29, 0.717) is 35.7 Å². The van der Waals surface area contributed by atoms with E-state index in [2.05, 4.69) is 16.7 Å². The molecule has 4 rings (SSSR count). The summed E-state index contributed by atoms with van der Waals surface area (Å²) in [5, 5.41) is 0. The maximum atomic E-state index is 13.4. The highest BCUT2D eigenvalue weighted by molar-refractivity contribution is 6.36. The van der Waals surface area contributed by atoms with Gasteiger partial charge in [0, 0.05) is 38.3 Å². The molecule has 3 aliphatic heterocycles. The number of piperazine rings is 1. The summed E-state index contributed by atoms with van der Waals surface area (Å²) in [6, 6.07) is 7.43. The van der Waals surface area contributed by atoms with Crippen LogP contribution >= 0.6 is 0 Å². The average Bonchev–Trinajstić information content (AvgIpc) is 3.36. The average molecular weight is 399 g/mol. The van der Waals surface area contributed by atoms with Crippen molar-refractivity contribution in [1.82, 2.24) is 14.7 Å². The maximum Gasteiger partial charge on any atom is 0.277 e. The van der Waals surface area contributed by atoms with Gasteiger partial charge in [-0.05, 0) is 25.5 Å². The van der Waals surface area contributed by atoms with Gasteiger partial charge < -0.3 is 19.3 Å². The lowest BCUT2D eigenvalue weighted by Gasteiger charge is -2.36. The van der Waals surface area contributed by atoms with E-state index >= 15 is 0 Å². The quantitative estimate of drug-likeness (QED) is 0.677. The summed E-state index contributed by atoms with van der Waals surface area (Å²) in [5.41, 5.74) is 1.64. The van der Waals surface area contributed by atoms with Gasteiger partial charge in [0.1, 0.15) is 11.4 Å². The van der Waals surface area contributed by atoms with Gasteiger partial charge in [0.15, 0.2) is 0 Å². The zero-order valence-corrected chi connectivity index (χ0v) is 17.2. The van der Waals surface area contributed by atoms with E-state index < -0.39 is 0 Å². The van der Waals surface area contributed by atoms with Crippen LogP contribution in [0.1, 0.15) is 25.3 Å². The van der Waals surface area contributed by atoms with Crippen LogP contribution in [0.25, 0.3) is 5.57 Å². The number of carbonyl (C=O) groups excluding carboxylic acids is 2. The number of benzene rings is 1. The lowest BCUT2D eigenvalue weighted by molar-refractivity contribution is -0.139. The minimum atomic E-state index is -0.247. The van der Waals surface area contributed by atoms with Gasteiger partial charge in [0.25, 0.3) is 11.8 Å². The molecule has 0 aromatic heterocycles. The molecule has 1 unspecified atom stereocenters. The first kappa shape index (κ1) is 19.9. The molecule has 3 aliphatic rings. The molecule has 29 heavy (non-hydrogen) atoms. The third-order valence-electron chi connectivity index (χ3n) is 6.07. The number of ether oxygens (including phenoxy) is 2. The SMILES string of the molecule is CCN1CCN(C2=C(c3ccccc3OC)C(=O)N(CC3CCCO3)C2=O)CC1. The van der Waals surface area contributed by atoms with Crippen molar-refractivity contribution < 1.29 is 19.1 Å². The van der Waals surface area contributed by atoms with Gasteiger partial charge >= 0.3 is 0 Å². The number of methoxy groups -OCH3 is 1. The zero-order valence-electron chi connectivity index (χ0n) is 17.2. The van der Waals surface area contributed by atoms with Crippen LogP contribution < -0.4 is 4.74 Å². The second-order valence-electron chi connectivity index (χ2n) is 7.70. The van der Waals surface area contributed by atoms with Gasteiger partial charge in [-0.15, -0.1) is 0 Å². The highest BCUT2D eigenvalue weighted by Crippen LogP contribution is 2.37. The van der Waals surface area contributed by atoms with Crippen molar-refractivity contribution in [2.75, 3.05) is 53.0 Å². The van der Waals surface area contributed by atoms with Crippen LogP contribution in [-0.2, 0) is 14.3 Å². The standard InChI is InChI=1S/C22H29N3O4/c1-3-23-10-12-24(13-11-23)20-19(17-8-4-5-9-18(17)28-2)21(26)25(22(20)27)15-16-7-6-14-29-16/h4-5,8-9,16H,3,6-7,10-15H2,1-2H3. The smallest absolute Gasteiger partial charge is 0.277 e. The minimum absolute atomic E-state index is 0.0712. The molecular formula is C22H29N3O4. The van der Waals surface area contributed by atoms with Gasteiger partial charge in [-0.3, -0.25) is 14.5 Å². The van der Waals surface area contributed by atoms with Gasteiger partial charge in [0.2, 0.25) is 0 Å². The Morgan fingerprint density at radius 1 is 1.10 bits per heavy atom. The molecule has 0 bridgehead atoms. The lowest BCUT2D eigenvalue weighted by Crippen LogP contribution is -2.47. The Morgan fingerprint density at radius 3 is 2.52 bits per heavy atom. The van der Waals surface area contributed by atoms with Crippen LogP contribution in [0.4, 0.5) is 0 Å². The molecule has 7 nitrogen and oxygen atoms in total. The van der Waals surface area contributed by atoms with Crippen molar-refractivity contribution in [2.24, 2.45) is 0 Å². The number of carbonyl (C=O) groups is 2. The molecule has 2 amide bonds. The van der Waals surface area contributed by atoms with Crippen LogP contribution in [0.5, 0.6) is 5.75 Å². The lowest BCUT2D eigenvalue weighted by atomic mass is 10.0. The van der Waals surface area contributed by atoms with Crippen molar-refractivity contribution in [3.05, 3.63) is 35.5 Å². The minimum Gasteiger partial charge on any atom is -0.496 e. The molecule has 2 saturated heterocycles. The molecule has 0 aliphatic carbocycles. The molecule has 0 saturated carbocycles. The van der Waals surface area contributed by atoms with Crippen molar-refractivity contribution in [3.8, 4) is 5.75 Å². The Hall–Kier alpha value is -2.38. The van der Waals surface area contributed by atoms with Crippen LogP contribution in [0.2, 0.25) is 0 Å². The number of amides is 2. The highest BCUT2D eigenvalue weighted by atomic mass is 16.5. The number of imide groups is 1. The Morgan fingerprint density at radius 2 is 1.86 bits per heavy atom. The first-order chi connectivity index (χ1) is 14.1. The predicted molar refractivity (Wildman–Crippen MR) is 109 cm³/mol. The summed E-state index contributed by atoms with van der Waals surface area (Å²) in [6.45, 7) is 7.36. The van der Waals surface area contributed by atoms with Gasteiger partial charge in [-0.1, -0.05) is 25.1 Å². The van der Waals surface area contributed by atoms with Gasteiger partial charge in [-0.2, -0.15) is 0 Å². The van der Waals surface area contributed by atoms with Crippen LogP contribution in [0.3, 0.4) is 0 Å². The number of hydrogen-bond donors (Lipinski definition) is 0. The number of likely N-dealkylation sites (N-methyl/N-ethyl adjacent to an activating group) is 1. The largest absolute Gasteiger partial charge is 0.496 e. The van der Waals surface area contributed by atoms with Crippen LogP contribution in [-0.4, -0.2) is 85.6 Å². The topological polar surface area (TPSA) is 62.3 Å². The van der Waals surface area contributed by atoms with Crippen LogP contribution in [0.15, 0.2) is 30.0 Å². The molecule has 2 fully saturated rings. The van der Waals surface area contributed by atoms with Crippen molar-refractivity contribution in [3.63, 3.8) is 0 Å². The van der Waals surface area contributed by atoms with Gasteiger partial charge in [-0.25, -0.2) is 0 Å². The Kier molecular flexibility index (Phi) is 5.87. The fraction of sp³-hybridized carbons (Fsp3) is 0.545. The molecule has 0 radical (unpaired) electrons.